The zero-order chi connectivity index (χ0) is 22.0. The molecular weight excluding hydrogens is 392 g/mol. The average molecular weight is 421 g/mol. The molecule has 2 aromatic rings. The van der Waals surface area contributed by atoms with Gasteiger partial charge in [0.25, 0.3) is 0 Å². The number of aryl methyl sites for hydroxylation is 1. The van der Waals surface area contributed by atoms with Gasteiger partial charge in [-0.15, -0.1) is 0 Å². The molecule has 31 heavy (non-hydrogen) atoms. The Labute approximate surface area is 182 Å². The summed E-state index contributed by atoms with van der Waals surface area (Å²) >= 11 is 0. The van der Waals surface area contributed by atoms with Crippen LogP contribution in [0.4, 0.5) is 5.69 Å². The lowest BCUT2D eigenvalue weighted by atomic mass is 9.86. The Balaban J connectivity index is 1.40. The van der Waals surface area contributed by atoms with Gasteiger partial charge in [-0.05, 0) is 49.6 Å². The summed E-state index contributed by atoms with van der Waals surface area (Å²) in [6, 6.07) is 11.6. The van der Waals surface area contributed by atoms with Crippen molar-refractivity contribution in [1.82, 2.24) is 15.2 Å². The molecule has 0 saturated carbocycles. The Hall–Kier alpha value is -3.22. The molecule has 7 heteroatoms. The monoisotopic (exact) mass is 420 g/mol. The van der Waals surface area contributed by atoms with Crippen LogP contribution in [0.1, 0.15) is 36.1 Å². The smallest absolute Gasteiger partial charge is 0.228 e. The fourth-order valence-electron chi connectivity index (χ4n) is 4.53. The topological polar surface area (TPSA) is 82.6 Å². The largest absolute Gasteiger partial charge is 0.368 e. The molecule has 1 aromatic carbocycles. The predicted octanol–water partition coefficient (Wildman–Crippen LogP) is 2.11. The molecule has 1 unspecified atom stereocenters. The molecule has 2 fully saturated rings. The van der Waals surface area contributed by atoms with Gasteiger partial charge in [0.2, 0.25) is 11.8 Å². The van der Waals surface area contributed by atoms with Crippen molar-refractivity contribution >= 4 is 23.3 Å². The minimum Gasteiger partial charge on any atom is -0.368 e. The van der Waals surface area contributed by atoms with Crippen LogP contribution in [0, 0.1) is 13.8 Å². The maximum atomic E-state index is 12.9. The number of aromatic nitrogens is 1. The highest BCUT2D eigenvalue weighted by molar-refractivity contribution is 6.10. The molecule has 2 aliphatic heterocycles. The molecule has 1 atom stereocenters. The zero-order valence-electron chi connectivity index (χ0n) is 18.1. The molecule has 7 nitrogen and oxygen atoms in total. The number of carbonyl (C=O) groups excluding carboxylic acids is 3. The second kappa shape index (κ2) is 8.49. The van der Waals surface area contributed by atoms with Crippen LogP contribution in [0.25, 0.3) is 0 Å². The fraction of sp³-hybridized carbons (Fsp3) is 0.417. The lowest BCUT2D eigenvalue weighted by Gasteiger charge is -2.37. The van der Waals surface area contributed by atoms with Gasteiger partial charge in [-0.3, -0.25) is 19.4 Å². The van der Waals surface area contributed by atoms with Crippen molar-refractivity contribution in [3.05, 3.63) is 59.4 Å². The van der Waals surface area contributed by atoms with Crippen LogP contribution in [0.15, 0.2) is 42.6 Å². The molecule has 0 bridgehead atoms. The van der Waals surface area contributed by atoms with E-state index in [9.17, 15) is 14.4 Å². The first-order chi connectivity index (χ1) is 14.9. The molecule has 2 saturated heterocycles. The van der Waals surface area contributed by atoms with Crippen molar-refractivity contribution in [1.29, 1.82) is 0 Å². The maximum absolute atomic E-state index is 12.9. The van der Waals surface area contributed by atoms with Gasteiger partial charge in [-0.2, -0.15) is 0 Å². The Kier molecular flexibility index (Phi) is 5.76. The number of carbonyl (C=O) groups is 3. The van der Waals surface area contributed by atoms with Gasteiger partial charge in [0.15, 0.2) is 5.78 Å². The Morgan fingerprint density at radius 2 is 1.84 bits per heavy atom. The number of ketones is 1. The van der Waals surface area contributed by atoms with E-state index >= 15 is 0 Å². The summed E-state index contributed by atoms with van der Waals surface area (Å²) in [6.07, 6.45) is 1.85. The van der Waals surface area contributed by atoms with Crippen LogP contribution in [-0.2, 0) is 19.9 Å². The molecule has 2 aliphatic rings. The van der Waals surface area contributed by atoms with Gasteiger partial charge in [0, 0.05) is 44.5 Å². The van der Waals surface area contributed by atoms with Crippen LogP contribution in [0.3, 0.4) is 0 Å². The number of amides is 2. The molecule has 4 rings (SSSR count). The second-order valence-corrected chi connectivity index (χ2v) is 8.36. The van der Waals surface area contributed by atoms with Crippen LogP contribution in [0.2, 0.25) is 0 Å². The van der Waals surface area contributed by atoms with Gasteiger partial charge < -0.3 is 15.1 Å². The number of anilines is 1. The summed E-state index contributed by atoms with van der Waals surface area (Å²) < 4.78 is 0. The minimum absolute atomic E-state index is 0.00451. The first-order valence-electron chi connectivity index (χ1n) is 10.8. The fourth-order valence-corrected chi connectivity index (χ4v) is 4.53. The molecular formula is C24H28N4O3. The number of nitrogens with one attached hydrogen (secondary N) is 1. The molecule has 162 valence electrons. The first kappa shape index (κ1) is 21.0. The number of Topliss-reactive ketones (excluding diaryl/α,β-unsaturated/α-hetero) is 1. The summed E-state index contributed by atoms with van der Waals surface area (Å²) in [5.74, 6) is -0.529. The average Bonchev–Trinajstić information content (AvgIpc) is 3.08. The van der Waals surface area contributed by atoms with E-state index in [0.717, 1.165) is 13.1 Å². The lowest BCUT2D eigenvalue weighted by molar-refractivity contribution is -0.132. The number of pyridine rings is 1. The second-order valence-electron chi connectivity index (χ2n) is 8.36. The van der Waals surface area contributed by atoms with Crippen molar-refractivity contribution in [2.75, 3.05) is 31.1 Å². The predicted molar refractivity (Wildman–Crippen MR) is 118 cm³/mol. The number of nitrogens with zero attached hydrogens (tertiary/aromatic N) is 3. The summed E-state index contributed by atoms with van der Waals surface area (Å²) in [6.45, 7) is 7.08. The van der Waals surface area contributed by atoms with Crippen molar-refractivity contribution in [3.63, 3.8) is 0 Å². The number of benzene rings is 1. The highest BCUT2D eigenvalue weighted by Crippen LogP contribution is 2.32. The molecule has 2 amide bonds. The first-order valence-corrected chi connectivity index (χ1v) is 10.8. The highest BCUT2D eigenvalue weighted by atomic mass is 16.2. The van der Waals surface area contributed by atoms with Gasteiger partial charge in [-0.25, -0.2) is 0 Å². The zero-order valence-corrected chi connectivity index (χ0v) is 18.1. The third kappa shape index (κ3) is 4.04. The summed E-state index contributed by atoms with van der Waals surface area (Å²) in [7, 11) is 0. The van der Waals surface area contributed by atoms with Crippen molar-refractivity contribution in [2.45, 2.75) is 38.6 Å². The van der Waals surface area contributed by atoms with Crippen molar-refractivity contribution < 1.29 is 14.4 Å². The third-order valence-corrected chi connectivity index (χ3v) is 6.52. The van der Waals surface area contributed by atoms with E-state index < -0.39 is 5.54 Å². The van der Waals surface area contributed by atoms with E-state index in [4.69, 9.17) is 0 Å². The van der Waals surface area contributed by atoms with Crippen molar-refractivity contribution in [3.8, 4) is 0 Å². The quantitative estimate of drug-likeness (QED) is 0.750. The van der Waals surface area contributed by atoms with Gasteiger partial charge >= 0.3 is 0 Å². The van der Waals surface area contributed by atoms with E-state index in [1.54, 1.807) is 24.4 Å². The number of rotatable bonds is 5. The van der Waals surface area contributed by atoms with Crippen LogP contribution < -0.4 is 10.2 Å². The number of piperazine rings is 1. The Bertz CT molecular complexity index is 999. The van der Waals surface area contributed by atoms with Gasteiger partial charge in [0.05, 0.1) is 12.1 Å². The summed E-state index contributed by atoms with van der Waals surface area (Å²) in [4.78, 5) is 46.1. The van der Waals surface area contributed by atoms with E-state index in [2.05, 4.69) is 47.2 Å². The van der Waals surface area contributed by atoms with Gasteiger partial charge in [0.1, 0.15) is 5.54 Å². The minimum atomic E-state index is -1.20. The van der Waals surface area contributed by atoms with Crippen LogP contribution in [0.5, 0.6) is 0 Å². The molecule has 1 N–H and O–H groups in total. The molecule has 3 heterocycles. The van der Waals surface area contributed by atoms with E-state index in [1.807, 2.05) is 4.90 Å². The number of hydrogen-bond acceptors (Lipinski definition) is 5. The standard InChI is InChI=1S/C24H28N4O3/c1-17-6-5-7-19(18(17)2)27-12-14-28(15-13-27)23(31)9-10-24(20-8-3-4-11-25-20)21(29)16-22(30)26-24/h3-8,11H,9-10,12-16H2,1-2H3,(H,26,30). The molecule has 0 radical (unpaired) electrons. The van der Waals surface area contributed by atoms with Gasteiger partial charge in [-0.1, -0.05) is 18.2 Å². The molecule has 1 aromatic heterocycles. The highest BCUT2D eigenvalue weighted by Gasteiger charge is 2.48. The molecule has 0 spiro atoms. The molecule has 0 aliphatic carbocycles. The van der Waals surface area contributed by atoms with E-state index in [1.165, 1.54) is 16.8 Å². The van der Waals surface area contributed by atoms with E-state index in [-0.39, 0.29) is 36.9 Å². The lowest BCUT2D eigenvalue weighted by Crippen LogP contribution is -2.50. The maximum Gasteiger partial charge on any atom is 0.228 e. The summed E-state index contributed by atoms with van der Waals surface area (Å²) in [5, 5.41) is 2.80. The Morgan fingerprint density at radius 3 is 2.48 bits per heavy atom. The summed E-state index contributed by atoms with van der Waals surface area (Å²) in [5.41, 5.74) is 3.06. The van der Waals surface area contributed by atoms with Crippen molar-refractivity contribution in [2.24, 2.45) is 0 Å². The number of hydrogen-bond donors (Lipinski definition) is 1. The SMILES string of the molecule is Cc1cccc(N2CCN(C(=O)CCC3(c4ccccn4)NC(=O)CC3=O)CC2)c1C. The normalized spacial score (nSPS) is 21.4. The third-order valence-electron chi connectivity index (χ3n) is 6.52. The van der Waals surface area contributed by atoms with E-state index in [0.29, 0.717) is 18.8 Å². The van der Waals surface area contributed by atoms with Crippen LogP contribution >= 0.6 is 0 Å². The Morgan fingerprint density at radius 1 is 1.06 bits per heavy atom. The van der Waals surface area contributed by atoms with Crippen LogP contribution in [-0.4, -0.2) is 53.7 Å².